The molecule has 2 aliphatic heterocycles. The lowest BCUT2D eigenvalue weighted by atomic mass is 9.98. The Kier molecular flexibility index (Phi) is 4.26. The maximum absolute atomic E-state index is 12.9. The summed E-state index contributed by atoms with van der Waals surface area (Å²) >= 11 is 0. The number of carbonyl (C=O) groups excluding carboxylic acids is 1. The predicted octanol–water partition coefficient (Wildman–Crippen LogP) is 0.852. The molecule has 1 fully saturated rings. The van der Waals surface area contributed by atoms with E-state index in [0.29, 0.717) is 23.9 Å². The molecule has 0 bridgehead atoms. The average molecular weight is 357 g/mol. The number of carbonyl (C=O) groups is 1. The third-order valence-electron chi connectivity index (χ3n) is 5.14. The number of hydrogen-bond donors (Lipinski definition) is 0. The van der Waals surface area contributed by atoms with Gasteiger partial charge >= 0.3 is 5.69 Å². The number of likely N-dealkylation sites (tertiary alicyclic amines) is 1. The zero-order chi connectivity index (χ0) is 18.3. The summed E-state index contributed by atoms with van der Waals surface area (Å²) in [5, 5.41) is 4.46. The Morgan fingerprint density at radius 3 is 2.81 bits per heavy atom. The van der Waals surface area contributed by atoms with Gasteiger partial charge in [-0.05, 0) is 30.9 Å². The number of nitrogens with zero attached hydrogens (tertiary/aromatic N) is 5. The van der Waals surface area contributed by atoms with Crippen LogP contribution in [0.25, 0.3) is 0 Å². The van der Waals surface area contributed by atoms with Crippen molar-refractivity contribution in [2.75, 3.05) is 20.2 Å². The zero-order valence-corrected chi connectivity index (χ0v) is 15.1. The Morgan fingerprint density at radius 1 is 1.35 bits per heavy atom. The van der Waals surface area contributed by atoms with Crippen LogP contribution in [0.15, 0.2) is 23.1 Å². The van der Waals surface area contributed by atoms with E-state index in [2.05, 4.69) is 17.0 Å². The van der Waals surface area contributed by atoms with E-state index in [4.69, 9.17) is 4.74 Å². The first kappa shape index (κ1) is 16.8. The maximum Gasteiger partial charge on any atom is 0.347 e. The molecule has 4 heterocycles. The van der Waals surface area contributed by atoms with Gasteiger partial charge < -0.3 is 9.64 Å². The van der Waals surface area contributed by atoms with Crippen LogP contribution in [0.3, 0.4) is 0 Å². The van der Waals surface area contributed by atoms with Crippen molar-refractivity contribution in [3.8, 4) is 5.75 Å². The molecule has 0 radical (unpaired) electrons. The third-order valence-corrected chi connectivity index (χ3v) is 5.14. The van der Waals surface area contributed by atoms with Crippen LogP contribution >= 0.6 is 0 Å². The lowest BCUT2D eigenvalue weighted by Gasteiger charge is -2.40. The van der Waals surface area contributed by atoms with Crippen LogP contribution in [0.1, 0.15) is 37.3 Å². The number of aromatic nitrogens is 4. The van der Waals surface area contributed by atoms with Gasteiger partial charge in [-0.15, -0.1) is 0 Å². The van der Waals surface area contributed by atoms with Gasteiger partial charge in [0.05, 0.1) is 25.5 Å². The molecule has 1 saturated heterocycles. The number of aryl methyl sites for hydroxylation is 1. The van der Waals surface area contributed by atoms with Crippen LogP contribution in [0.2, 0.25) is 0 Å². The van der Waals surface area contributed by atoms with Gasteiger partial charge in [-0.25, -0.2) is 9.48 Å². The molecule has 0 aliphatic carbocycles. The summed E-state index contributed by atoms with van der Waals surface area (Å²) < 4.78 is 8.11. The van der Waals surface area contributed by atoms with Crippen molar-refractivity contribution in [3.63, 3.8) is 0 Å². The highest BCUT2D eigenvalue weighted by molar-refractivity contribution is 5.81. The fourth-order valence-corrected chi connectivity index (χ4v) is 3.74. The number of rotatable bonds is 4. The predicted molar refractivity (Wildman–Crippen MR) is 94.1 cm³/mol. The molecule has 2 aromatic heterocycles. The minimum absolute atomic E-state index is 0.0493. The monoisotopic (exact) mass is 357 g/mol. The van der Waals surface area contributed by atoms with Crippen LogP contribution in [-0.4, -0.2) is 50.3 Å². The van der Waals surface area contributed by atoms with Crippen LogP contribution in [-0.2, 0) is 17.8 Å². The number of fused-ring (bicyclic) bond motifs is 1. The van der Waals surface area contributed by atoms with Gasteiger partial charge in [0.25, 0.3) is 0 Å². The number of amides is 1. The third kappa shape index (κ3) is 2.89. The number of pyridine rings is 1. The van der Waals surface area contributed by atoms with E-state index in [1.165, 1.54) is 4.68 Å². The molecule has 1 atom stereocenters. The summed E-state index contributed by atoms with van der Waals surface area (Å²) in [5.74, 6) is 1.96. The topological polar surface area (TPSA) is 82.2 Å². The van der Waals surface area contributed by atoms with Crippen molar-refractivity contribution in [1.29, 1.82) is 0 Å². The van der Waals surface area contributed by atoms with E-state index >= 15 is 0 Å². The molecule has 1 amide bonds. The zero-order valence-electron chi connectivity index (χ0n) is 15.1. The summed E-state index contributed by atoms with van der Waals surface area (Å²) in [6, 6.07) is 3.20. The van der Waals surface area contributed by atoms with Crippen molar-refractivity contribution in [3.05, 3.63) is 40.3 Å². The first-order valence-corrected chi connectivity index (χ1v) is 9.02. The normalized spacial score (nSPS) is 19.8. The van der Waals surface area contributed by atoms with Gasteiger partial charge in [0.15, 0.2) is 0 Å². The molecule has 0 spiro atoms. The van der Waals surface area contributed by atoms with Gasteiger partial charge in [0, 0.05) is 19.5 Å². The Balaban J connectivity index is 1.59. The van der Waals surface area contributed by atoms with Gasteiger partial charge in [-0.2, -0.15) is 5.10 Å². The SMILES string of the molecule is COc1ccc(Cn2nc3n(c2=O)C(C(=O)N2CC(C)C2)CCC3)nc1. The minimum atomic E-state index is -0.420. The molecule has 0 saturated carbocycles. The molecule has 26 heavy (non-hydrogen) atoms. The van der Waals surface area contributed by atoms with E-state index in [-0.39, 0.29) is 18.1 Å². The highest BCUT2D eigenvalue weighted by Crippen LogP contribution is 2.27. The molecule has 0 aromatic carbocycles. The van der Waals surface area contributed by atoms with Gasteiger partial charge in [0.2, 0.25) is 5.91 Å². The summed E-state index contributed by atoms with van der Waals surface area (Å²) in [6.07, 6.45) is 3.91. The number of methoxy groups -OCH3 is 1. The lowest BCUT2D eigenvalue weighted by molar-refractivity contribution is -0.141. The van der Waals surface area contributed by atoms with Crippen molar-refractivity contribution in [1.82, 2.24) is 24.2 Å². The van der Waals surface area contributed by atoms with Crippen LogP contribution in [0, 0.1) is 5.92 Å². The largest absolute Gasteiger partial charge is 0.495 e. The maximum atomic E-state index is 12.9. The number of hydrogen-bond acceptors (Lipinski definition) is 5. The van der Waals surface area contributed by atoms with Crippen LogP contribution in [0.5, 0.6) is 5.75 Å². The Morgan fingerprint density at radius 2 is 2.15 bits per heavy atom. The Bertz CT molecular complexity index is 864. The summed E-state index contributed by atoms with van der Waals surface area (Å²) in [7, 11) is 1.58. The van der Waals surface area contributed by atoms with Crippen molar-refractivity contribution >= 4 is 5.91 Å². The quantitative estimate of drug-likeness (QED) is 0.810. The molecule has 138 valence electrons. The summed E-state index contributed by atoms with van der Waals surface area (Å²) in [6.45, 7) is 3.97. The molecule has 8 heteroatoms. The second-order valence-electron chi connectivity index (χ2n) is 7.17. The molecule has 8 nitrogen and oxygen atoms in total. The van der Waals surface area contributed by atoms with Crippen molar-refractivity contribution in [2.45, 2.75) is 38.8 Å². The van der Waals surface area contributed by atoms with E-state index in [9.17, 15) is 9.59 Å². The number of ether oxygens (including phenoxy) is 1. The Hall–Kier alpha value is -2.64. The highest BCUT2D eigenvalue weighted by atomic mass is 16.5. The fourth-order valence-electron chi connectivity index (χ4n) is 3.74. The average Bonchev–Trinajstić information content (AvgIpc) is 2.95. The van der Waals surface area contributed by atoms with Crippen molar-refractivity contribution < 1.29 is 9.53 Å². The molecule has 2 aromatic rings. The van der Waals surface area contributed by atoms with Gasteiger partial charge in [0.1, 0.15) is 17.6 Å². The lowest BCUT2D eigenvalue weighted by Crippen LogP contribution is -2.52. The van der Waals surface area contributed by atoms with E-state index in [1.807, 2.05) is 11.0 Å². The van der Waals surface area contributed by atoms with Gasteiger partial charge in [-0.3, -0.25) is 14.3 Å². The molecular weight excluding hydrogens is 334 g/mol. The fraction of sp³-hybridized carbons (Fsp3) is 0.556. The van der Waals surface area contributed by atoms with E-state index in [1.54, 1.807) is 23.9 Å². The second-order valence-corrected chi connectivity index (χ2v) is 7.17. The van der Waals surface area contributed by atoms with E-state index in [0.717, 1.165) is 31.6 Å². The van der Waals surface area contributed by atoms with E-state index < -0.39 is 6.04 Å². The summed E-state index contributed by atoms with van der Waals surface area (Å²) in [5.41, 5.74) is 0.493. The summed E-state index contributed by atoms with van der Waals surface area (Å²) in [4.78, 5) is 31.8. The smallest absolute Gasteiger partial charge is 0.347 e. The molecule has 2 aliphatic rings. The standard InChI is InChI=1S/C18H23N5O3/c1-12-9-21(10-12)17(24)15-4-3-5-16-20-22(18(25)23(15)16)11-13-6-7-14(26-2)8-19-13/h6-8,12,15H,3-5,9-11H2,1-2H3. The van der Waals surface area contributed by atoms with Gasteiger partial charge in [-0.1, -0.05) is 6.92 Å². The van der Waals surface area contributed by atoms with Crippen LogP contribution in [0.4, 0.5) is 0 Å². The van der Waals surface area contributed by atoms with Crippen LogP contribution < -0.4 is 10.4 Å². The highest BCUT2D eigenvalue weighted by Gasteiger charge is 2.37. The molecule has 4 rings (SSSR count). The second kappa shape index (κ2) is 6.59. The molecule has 1 unspecified atom stereocenters. The molecular formula is C18H23N5O3. The Labute approximate surface area is 151 Å². The molecule has 0 N–H and O–H groups in total. The minimum Gasteiger partial charge on any atom is -0.495 e. The first-order valence-electron chi connectivity index (χ1n) is 9.02. The van der Waals surface area contributed by atoms with Crippen molar-refractivity contribution in [2.24, 2.45) is 5.92 Å². The first-order chi connectivity index (χ1) is 12.6.